The number of nitrogens with two attached hydrogens (primary N) is 1. The number of halogens is 3. The van der Waals surface area contributed by atoms with Gasteiger partial charge in [0.1, 0.15) is 5.52 Å². The van der Waals surface area contributed by atoms with Gasteiger partial charge in [-0.05, 0) is 43.0 Å². The molecule has 1 aromatic heterocycles. The minimum absolute atomic E-state index is 0.0175. The normalized spacial score (nSPS) is 12.8. The molecule has 152 valence electrons. The Labute approximate surface area is 164 Å². The lowest BCUT2D eigenvalue weighted by Crippen LogP contribution is -2.20. The molecule has 0 bridgehead atoms. The van der Waals surface area contributed by atoms with Crippen LogP contribution < -0.4 is 5.73 Å². The average molecular weight is 404 g/mol. The lowest BCUT2D eigenvalue weighted by Gasteiger charge is -2.13. The number of aryl methyl sites for hydroxylation is 1. The molecule has 8 heteroatoms. The maximum absolute atomic E-state index is 12.9. The van der Waals surface area contributed by atoms with Gasteiger partial charge in [0.25, 0.3) is 5.89 Å². The van der Waals surface area contributed by atoms with Crippen molar-refractivity contribution in [1.82, 2.24) is 4.98 Å². The number of fused-ring (bicyclic) bond motifs is 1. The third-order valence-electron chi connectivity index (χ3n) is 4.66. The molecule has 1 heterocycles. The lowest BCUT2D eigenvalue weighted by molar-refractivity contribution is -0.137. The Morgan fingerprint density at radius 1 is 1.07 bits per heavy atom. The van der Waals surface area contributed by atoms with Crippen LogP contribution >= 0.6 is 0 Å². The van der Waals surface area contributed by atoms with E-state index in [2.05, 4.69) is 4.98 Å². The van der Waals surface area contributed by atoms with Gasteiger partial charge in [-0.3, -0.25) is 9.59 Å². The van der Waals surface area contributed by atoms with E-state index in [0.29, 0.717) is 12.8 Å². The molecule has 0 saturated heterocycles. The van der Waals surface area contributed by atoms with Gasteiger partial charge in [-0.2, -0.15) is 13.2 Å². The summed E-state index contributed by atoms with van der Waals surface area (Å²) < 4.78 is 44.0. The van der Waals surface area contributed by atoms with E-state index in [-0.39, 0.29) is 29.8 Å². The van der Waals surface area contributed by atoms with Crippen molar-refractivity contribution in [2.24, 2.45) is 11.7 Å². The van der Waals surface area contributed by atoms with Crippen molar-refractivity contribution < 1.29 is 27.2 Å². The van der Waals surface area contributed by atoms with Crippen LogP contribution in [0.5, 0.6) is 0 Å². The molecule has 1 atom stereocenters. The van der Waals surface area contributed by atoms with E-state index in [1.165, 1.54) is 0 Å². The van der Waals surface area contributed by atoms with Crippen LogP contribution in [0.4, 0.5) is 13.2 Å². The fourth-order valence-electron chi connectivity index (χ4n) is 3.09. The average Bonchev–Trinajstić information content (AvgIpc) is 3.11. The highest BCUT2D eigenvalue weighted by atomic mass is 19.4. The van der Waals surface area contributed by atoms with Gasteiger partial charge in [0.15, 0.2) is 5.58 Å². The van der Waals surface area contributed by atoms with Crippen molar-refractivity contribution in [3.8, 4) is 0 Å². The number of alkyl halides is 3. The Bertz CT molecular complexity index is 1010. The van der Waals surface area contributed by atoms with Gasteiger partial charge in [-0.25, -0.2) is 4.98 Å². The monoisotopic (exact) mass is 404 g/mol. The smallest absolute Gasteiger partial charge is 0.416 e. The predicted molar refractivity (Wildman–Crippen MR) is 100 cm³/mol. The minimum atomic E-state index is -4.52. The van der Waals surface area contributed by atoms with Crippen LogP contribution in [0.3, 0.4) is 0 Å². The summed E-state index contributed by atoms with van der Waals surface area (Å²) in [6, 6.07) is 12.4. The van der Waals surface area contributed by atoms with Gasteiger partial charge in [0, 0.05) is 12.3 Å². The Morgan fingerprint density at radius 2 is 1.79 bits per heavy atom. The molecule has 1 amide bonds. The molecule has 0 saturated carbocycles. The summed E-state index contributed by atoms with van der Waals surface area (Å²) >= 11 is 0. The van der Waals surface area contributed by atoms with E-state index < -0.39 is 29.3 Å². The first-order valence-corrected chi connectivity index (χ1v) is 9.08. The molecule has 29 heavy (non-hydrogen) atoms. The maximum atomic E-state index is 12.9. The van der Waals surface area contributed by atoms with Crippen molar-refractivity contribution in [2.75, 3.05) is 0 Å². The highest BCUT2D eigenvalue weighted by Crippen LogP contribution is 2.32. The number of hydrogen-bond acceptors (Lipinski definition) is 4. The van der Waals surface area contributed by atoms with E-state index in [1.807, 2.05) is 30.3 Å². The van der Waals surface area contributed by atoms with Gasteiger partial charge in [0.05, 0.1) is 5.56 Å². The van der Waals surface area contributed by atoms with Crippen LogP contribution in [0.25, 0.3) is 11.1 Å². The summed E-state index contributed by atoms with van der Waals surface area (Å²) in [7, 11) is 0. The molecular formula is C21H19F3N2O3. The number of nitrogens with zero attached hydrogens (tertiary/aromatic N) is 1. The molecule has 2 N–H and O–H groups in total. The van der Waals surface area contributed by atoms with Gasteiger partial charge >= 0.3 is 6.18 Å². The van der Waals surface area contributed by atoms with Crippen LogP contribution in [0, 0.1) is 5.92 Å². The van der Waals surface area contributed by atoms with Gasteiger partial charge in [-0.15, -0.1) is 0 Å². The van der Waals surface area contributed by atoms with E-state index >= 15 is 0 Å². The number of Topliss-reactive ketones (excluding diaryl/α,β-unsaturated/α-hetero) is 1. The molecule has 0 spiro atoms. The van der Waals surface area contributed by atoms with Crippen molar-refractivity contribution in [3.05, 3.63) is 65.5 Å². The Hall–Kier alpha value is -3.16. The number of primary amides is 1. The van der Waals surface area contributed by atoms with Gasteiger partial charge in [0.2, 0.25) is 11.7 Å². The van der Waals surface area contributed by atoms with Crippen LogP contribution in [-0.2, 0) is 17.4 Å². The zero-order valence-electron chi connectivity index (χ0n) is 15.4. The summed E-state index contributed by atoms with van der Waals surface area (Å²) in [5.74, 6) is -1.83. The molecule has 0 aliphatic carbocycles. The highest BCUT2D eigenvalue weighted by molar-refractivity contribution is 5.96. The summed E-state index contributed by atoms with van der Waals surface area (Å²) in [5.41, 5.74) is 5.42. The lowest BCUT2D eigenvalue weighted by atomic mass is 9.91. The Kier molecular flexibility index (Phi) is 6.00. The number of benzene rings is 2. The van der Waals surface area contributed by atoms with Crippen LogP contribution in [0.1, 0.15) is 41.1 Å². The van der Waals surface area contributed by atoms with Gasteiger partial charge in [-0.1, -0.05) is 30.3 Å². The number of amides is 1. The van der Waals surface area contributed by atoms with E-state index in [4.69, 9.17) is 10.2 Å². The summed E-state index contributed by atoms with van der Waals surface area (Å²) in [6.07, 6.45) is -3.26. The molecule has 0 fully saturated rings. The zero-order chi connectivity index (χ0) is 21.0. The quantitative estimate of drug-likeness (QED) is 0.559. The first-order valence-electron chi connectivity index (χ1n) is 9.08. The SMILES string of the molecule is NC(=O)CC[C@H](CCc1ccccc1)C(=O)c1nc2cc(C(F)(F)F)ccc2o1. The third kappa shape index (κ3) is 5.22. The van der Waals surface area contributed by atoms with Crippen LogP contribution in [0.15, 0.2) is 52.9 Å². The van der Waals surface area contributed by atoms with Crippen LogP contribution in [0.2, 0.25) is 0 Å². The third-order valence-corrected chi connectivity index (χ3v) is 4.66. The molecule has 0 unspecified atom stereocenters. The maximum Gasteiger partial charge on any atom is 0.416 e. The van der Waals surface area contributed by atoms with Gasteiger partial charge < -0.3 is 10.2 Å². The van der Waals surface area contributed by atoms with E-state index in [1.54, 1.807) is 0 Å². The molecule has 0 radical (unpaired) electrons. The molecule has 3 rings (SSSR count). The second-order valence-corrected chi connectivity index (χ2v) is 6.79. The Balaban J connectivity index is 1.82. The number of hydrogen-bond donors (Lipinski definition) is 1. The standard InChI is InChI=1S/C21H19F3N2O3/c22-21(23,24)15-9-10-17-16(12-15)26-20(29-17)19(28)14(8-11-18(25)27)7-6-13-4-2-1-3-5-13/h1-5,9-10,12,14H,6-8,11H2,(H2,25,27)/t14-/m0/s1. The van der Waals surface area contributed by atoms with Crippen molar-refractivity contribution >= 4 is 22.8 Å². The minimum Gasteiger partial charge on any atom is -0.434 e. The summed E-state index contributed by atoms with van der Waals surface area (Å²) in [4.78, 5) is 28.0. The number of carbonyl (C=O) groups is 2. The summed E-state index contributed by atoms with van der Waals surface area (Å²) in [6.45, 7) is 0. The molecule has 5 nitrogen and oxygen atoms in total. The largest absolute Gasteiger partial charge is 0.434 e. The van der Waals surface area contributed by atoms with E-state index in [9.17, 15) is 22.8 Å². The first kappa shape index (κ1) is 20.6. The first-order chi connectivity index (χ1) is 13.7. The van der Waals surface area contributed by atoms with Crippen LogP contribution in [-0.4, -0.2) is 16.7 Å². The summed E-state index contributed by atoms with van der Waals surface area (Å²) in [5, 5.41) is 0. The molecule has 0 aliphatic heterocycles. The molecule has 3 aromatic rings. The number of carbonyl (C=O) groups excluding carboxylic acids is 2. The topological polar surface area (TPSA) is 86.2 Å². The fraction of sp³-hybridized carbons (Fsp3) is 0.286. The van der Waals surface area contributed by atoms with Crippen molar-refractivity contribution in [1.29, 1.82) is 0 Å². The second-order valence-electron chi connectivity index (χ2n) is 6.79. The van der Waals surface area contributed by atoms with E-state index in [0.717, 1.165) is 23.8 Å². The number of aromatic nitrogens is 1. The number of oxazole rings is 1. The molecule has 2 aromatic carbocycles. The number of rotatable bonds is 8. The Morgan fingerprint density at radius 3 is 2.45 bits per heavy atom. The number of ketones is 1. The van der Waals surface area contributed by atoms with Crippen molar-refractivity contribution in [2.45, 2.75) is 31.9 Å². The highest BCUT2D eigenvalue weighted by Gasteiger charge is 2.31. The van der Waals surface area contributed by atoms with Crippen molar-refractivity contribution in [3.63, 3.8) is 0 Å². The second kappa shape index (κ2) is 8.46. The predicted octanol–water partition coefficient (Wildman–Crippen LogP) is 4.54. The fourth-order valence-corrected chi connectivity index (χ4v) is 3.09. The zero-order valence-corrected chi connectivity index (χ0v) is 15.4. The molecule has 0 aliphatic rings. The molecular weight excluding hydrogens is 385 g/mol.